The number of aromatic nitrogens is 1. The Labute approximate surface area is 118 Å². The molecule has 0 aliphatic carbocycles. The van der Waals surface area contributed by atoms with Crippen LogP contribution in [0.4, 0.5) is 0 Å². The Hall–Kier alpha value is -1.40. The first-order chi connectivity index (χ1) is 9.63. The van der Waals surface area contributed by atoms with Crippen molar-refractivity contribution in [1.29, 1.82) is 0 Å². The summed E-state index contributed by atoms with van der Waals surface area (Å²) in [6.07, 6.45) is 3.35. The molecule has 2 saturated heterocycles. The van der Waals surface area contributed by atoms with Gasteiger partial charge in [0.2, 0.25) is 5.76 Å². The van der Waals surface area contributed by atoms with Crippen molar-refractivity contribution in [2.24, 2.45) is 0 Å². The largest absolute Gasteiger partial charge is 0.438 e. The Kier molecular flexibility index (Phi) is 3.52. The Morgan fingerprint density at radius 2 is 2.40 bits per heavy atom. The van der Waals surface area contributed by atoms with Crippen LogP contribution >= 0.6 is 0 Å². The van der Waals surface area contributed by atoms with Gasteiger partial charge in [0, 0.05) is 19.6 Å². The molecule has 1 spiro atoms. The van der Waals surface area contributed by atoms with E-state index in [1.807, 2.05) is 6.92 Å². The first kappa shape index (κ1) is 13.6. The molecule has 110 valence electrons. The van der Waals surface area contributed by atoms with Crippen LogP contribution in [0.1, 0.15) is 36.0 Å². The highest BCUT2D eigenvalue weighted by Gasteiger charge is 2.50. The smallest absolute Gasteiger partial charge is 0.291 e. The molecule has 1 aromatic heterocycles. The molecular weight excluding hydrogens is 260 g/mol. The summed E-state index contributed by atoms with van der Waals surface area (Å²) in [4.78, 5) is 18.0. The summed E-state index contributed by atoms with van der Waals surface area (Å²) in [5.74, 6) is 0.227. The number of hydrogen-bond acceptors (Lipinski definition) is 5. The zero-order chi connectivity index (χ0) is 14.2. The molecule has 6 nitrogen and oxygen atoms in total. The lowest BCUT2D eigenvalue weighted by molar-refractivity contribution is -0.185. The van der Waals surface area contributed by atoms with E-state index in [2.05, 4.69) is 4.98 Å². The SMILES string of the molecule is CCOC1CCOC2(C1)CN(C(=O)c1ocnc1C)C2. The molecule has 3 rings (SSSR count). The second-order valence-corrected chi connectivity index (χ2v) is 5.53. The number of rotatable bonds is 3. The van der Waals surface area contributed by atoms with Crippen LogP contribution in [-0.4, -0.2) is 53.8 Å². The maximum atomic E-state index is 12.2. The number of oxazole rings is 1. The number of likely N-dealkylation sites (tertiary alicyclic amines) is 1. The monoisotopic (exact) mass is 280 g/mol. The Balaban J connectivity index is 1.60. The van der Waals surface area contributed by atoms with E-state index in [-0.39, 0.29) is 17.6 Å². The molecular formula is C14H20N2O4. The van der Waals surface area contributed by atoms with Gasteiger partial charge in [-0.15, -0.1) is 0 Å². The van der Waals surface area contributed by atoms with Crippen molar-refractivity contribution in [2.75, 3.05) is 26.3 Å². The van der Waals surface area contributed by atoms with E-state index in [1.54, 1.807) is 11.8 Å². The summed E-state index contributed by atoms with van der Waals surface area (Å²) in [5, 5.41) is 0. The molecule has 20 heavy (non-hydrogen) atoms. The van der Waals surface area contributed by atoms with E-state index < -0.39 is 0 Å². The van der Waals surface area contributed by atoms with Crippen molar-refractivity contribution < 1.29 is 18.7 Å². The minimum Gasteiger partial charge on any atom is -0.438 e. The van der Waals surface area contributed by atoms with Gasteiger partial charge in [-0.2, -0.15) is 0 Å². The molecule has 2 aliphatic heterocycles. The number of carbonyl (C=O) groups excluding carboxylic acids is 1. The van der Waals surface area contributed by atoms with Crippen LogP contribution in [0.25, 0.3) is 0 Å². The van der Waals surface area contributed by atoms with Gasteiger partial charge in [-0.1, -0.05) is 0 Å². The van der Waals surface area contributed by atoms with Gasteiger partial charge >= 0.3 is 0 Å². The predicted molar refractivity (Wildman–Crippen MR) is 70.5 cm³/mol. The molecule has 3 heterocycles. The molecule has 1 atom stereocenters. The maximum Gasteiger partial charge on any atom is 0.291 e. The molecule has 0 N–H and O–H groups in total. The molecule has 0 radical (unpaired) electrons. The fourth-order valence-electron chi connectivity index (χ4n) is 3.02. The van der Waals surface area contributed by atoms with Crippen molar-refractivity contribution in [2.45, 2.75) is 38.4 Å². The van der Waals surface area contributed by atoms with E-state index in [9.17, 15) is 4.79 Å². The summed E-state index contributed by atoms with van der Waals surface area (Å²) >= 11 is 0. The molecule has 1 amide bonds. The second kappa shape index (κ2) is 5.18. The molecule has 1 aromatic rings. The van der Waals surface area contributed by atoms with Crippen molar-refractivity contribution in [3.8, 4) is 0 Å². The average Bonchev–Trinajstić information content (AvgIpc) is 2.82. The number of hydrogen-bond donors (Lipinski definition) is 0. The van der Waals surface area contributed by atoms with Gasteiger partial charge in [0.25, 0.3) is 5.91 Å². The van der Waals surface area contributed by atoms with Gasteiger partial charge in [0.1, 0.15) is 5.60 Å². The fourth-order valence-corrected chi connectivity index (χ4v) is 3.02. The van der Waals surface area contributed by atoms with E-state index in [4.69, 9.17) is 13.9 Å². The third kappa shape index (κ3) is 2.33. The number of aryl methyl sites for hydroxylation is 1. The van der Waals surface area contributed by atoms with E-state index in [1.165, 1.54) is 6.39 Å². The summed E-state index contributed by atoms with van der Waals surface area (Å²) in [7, 11) is 0. The van der Waals surface area contributed by atoms with Crippen LogP contribution in [0.2, 0.25) is 0 Å². The zero-order valence-corrected chi connectivity index (χ0v) is 11.9. The standard InChI is InChI=1S/C14H20N2O4/c1-3-18-11-4-5-20-14(6-11)7-16(8-14)13(17)12-10(2)15-9-19-12/h9,11H,3-8H2,1-2H3. The van der Waals surface area contributed by atoms with Crippen LogP contribution in [-0.2, 0) is 9.47 Å². The molecule has 1 unspecified atom stereocenters. The minimum absolute atomic E-state index is 0.104. The number of carbonyl (C=O) groups is 1. The van der Waals surface area contributed by atoms with Gasteiger partial charge < -0.3 is 18.8 Å². The van der Waals surface area contributed by atoms with Crippen LogP contribution in [0.5, 0.6) is 0 Å². The van der Waals surface area contributed by atoms with Crippen molar-refractivity contribution in [3.05, 3.63) is 17.8 Å². The summed E-state index contributed by atoms with van der Waals surface area (Å²) in [6, 6.07) is 0. The van der Waals surface area contributed by atoms with Crippen LogP contribution in [0, 0.1) is 6.92 Å². The highest BCUT2D eigenvalue weighted by atomic mass is 16.5. The van der Waals surface area contributed by atoms with Gasteiger partial charge in [0.15, 0.2) is 6.39 Å². The molecule has 2 fully saturated rings. The lowest BCUT2D eigenvalue weighted by atomic mass is 9.84. The quantitative estimate of drug-likeness (QED) is 0.837. The van der Waals surface area contributed by atoms with Gasteiger partial charge in [-0.05, 0) is 20.3 Å². The highest BCUT2D eigenvalue weighted by Crippen LogP contribution is 2.36. The van der Waals surface area contributed by atoms with Crippen molar-refractivity contribution >= 4 is 5.91 Å². The third-order valence-corrected chi connectivity index (χ3v) is 4.04. The zero-order valence-electron chi connectivity index (χ0n) is 11.9. The second-order valence-electron chi connectivity index (χ2n) is 5.53. The van der Waals surface area contributed by atoms with Crippen LogP contribution < -0.4 is 0 Å². The maximum absolute atomic E-state index is 12.2. The number of amides is 1. The van der Waals surface area contributed by atoms with Crippen molar-refractivity contribution in [3.63, 3.8) is 0 Å². The number of nitrogens with zero attached hydrogens (tertiary/aromatic N) is 2. The number of ether oxygens (including phenoxy) is 2. The first-order valence-corrected chi connectivity index (χ1v) is 7.08. The lowest BCUT2D eigenvalue weighted by Gasteiger charge is -2.52. The van der Waals surface area contributed by atoms with Crippen molar-refractivity contribution in [1.82, 2.24) is 9.88 Å². The summed E-state index contributed by atoms with van der Waals surface area (Å²) in [6.45, 7) is 6.42. The molecule has 0 saturated carbocycles. The minimum atomic E-state index is -0.221. The molecule has 0 bridgehead atoms. The predicted octanol–water partition coefficient (Wildman–Crippen LogP) is 1.39. The fraction of sp³-hybridized carbons (Fsp3) is 0.714. The molecule has 0 aromatic carbocycles. The normalized spacial score (nSPS) is 24.7. The van der Waals surface area contributed by atoms with Crippen LogP contribution in [0.15, 0.2) is 10.8 Å². The van der Waals surface area contributed by atoms with Crippen LogP contribution in [0.3, 0.4) is 0 Å². The van der Waals surface area contributed by atoms with Gasteiger partial charge in [-0.3, -0.25) is 4.79 Å². The van der Waals surface area contributed by atoms with E-state index >= 15 is 0 Å². The van der Waals surface area contributed by atoms with Gasteiger partial charge in [0.05, 0.1) is 24.9 Å². The third-order valence-electron chi connectivity index (χ3n) is 4.04. The summed E-state index contributed by atoms with van der Waals surface area (Å²) in [5.41, 5.74) is 0.412. The highest BCUT2D eigenvalue weighted by molar-refractivity contribution is 5.93. The Morgan fingerprint density at radius 1 is 1.60 bits per heavy atom. The first-order valence-electron chi connectivity index (χ1n) is 7.08. The Morgan fingerprint density at radius 3 is 3.05 bits per heavy atom. The van der Waals surface area contributed by atoms with E-state index in [0.29, 0.717) is 31.2 Å². The summed E-state index contributed by atoms with van der Waals surface area (Å²) < 4.78 is 16.7. The molecule has 6 heteroatoms. The molecule has 2 aliphatic rings. The average molecular weight is 280 g/mol. The topological polar surface area (TPSA) is 64.8 Å². The van der Waals surface area contributed by atoms with E-state index in [0.717, 1.165) is 19.4 Å². The lowest BCUT2D eigenvalue weighted by Crippen LogP contribution is -2.67. The van der Waals surface area contributed by atoms with Gasteiger partial charge in [-0.25, -0.2) is 4.98 Å². The Bertz CT molecular complexity index is 491.